The normalized spacial score (nSPS) is 19.8. The number of likely N-dealkylation sites (tertiary alicyclic amines) is 2. The van der Waals surface area contributed by atoms with E-state index in [2.05, 4.69) is 10.2 Å². The van der Waals surface area contributed by atoms with Gasteiger partial charge in [0.1, 0.15) is 0 Å². The van der Waals surface area contributed by atoms with E-state index >= 15 is 0 Å². The summed E-state index contributed by atoms with van der Waals surface area (Å²) in [6.07, 6.45) is -0.695. The summed E-state index contributed by atoms with van der Waals surface area (Å²) in [5.74, 6) is -2.49. The molecule has 1 aliphatic carbocycles. The largest absolute Gasteiger partial charge is 0.416 e. The third-order valence-electron chi connectivity index (χ3n) is 9.35. The summed E-state index contributed by atoms with van der Waals surface area (Å²) >= 11 is 6.08. The number of hydrogen-bond donors (Lipinski definition) is 1. The van der Waals surface area contributed by atoms with E-state index in [1.54, 1.807) is 18.2 Å². The predicted octanol–water partition coefficient (Wildman–Crippen LogP) is 7.18. The Morgan fingerprint density at radius 2 is 1.68 bits per heavy atom. The predicted molar refractivity (Wildman–Crippen MR) is 155 cm³/mol. The van der Waals surface area contributed by atoms with Gasteiger partial charge in [-0.15, -0.1) is 0 Å². The number of amides is 2. The second-order valence-corrected chi connectivity index (χ2v) is 12.6. The smallest absolute Gasteiger partial charge is 0.345 e. The van der Waals surface area contributed by atoms with Crippen LogP contribution in [0.5, 0.6) is 0 Å². The molecule has 2 saturated heterocycles. The Labute approximate surface area is 257 Å². The number of benzene rings is 3. The third kappa shape index (κ3) is 6.19. The fraction of sp³-hybridized carbons (Fsp3) is 0.394. The Kier molecular flexibility index (Phi) is 8.17. The first-order chi connectivity index (χ1) is 20.9. The number of aryl methyl sites for hydroxylation is 1. The minimum atomic E-state index is -4.61. The quantitative estimate of drug-likeness (QED) is 0.304. The Morgan fingerprint density at radius 3 is 2.41 bits per heavy atom. The van der Waals surface area contributed by atoms with Gasteiger partial charge in [-0.2, -0.15) is 13.2 Å². The molecule has 11 heteroatoms. The van der Waals surface area contributed by atoms with Crippen LogP contribution in [0.3, 0.4) is 0 Å². The molecular formula is C33H31ClF5N3O2. The number of rotatable bonds is 5. The van der Waals surface area contributed by atoms with Crippen LogP contribution in [0.15, 0.2) is 54.6 Å². The summed E-state index contributed by atoms with van der Waals surface area (Å²) in [6, 6.07) is 11.7. The zero-order valence-electron chi connectivity index (χ0n) is 23.8. The summed E-state index contributed by atoms with van der Waals surface area (Å²) in [6.45, 7) is 3.42. The van der Waals surface area contributed by atoms with Crippen molar-refractivity contribution in [3.8, 4) is 0 Å². The molecule has 1 N–H and O–H groups in total. The molecule has 3 aromatic rings. The lowest BCUT2D eigenvalue weighted by Gasteiger charge is -2.39. The molecule has 6 rings (SSSR count). The molecule has 2 amide bonds. The Hall–Kier alpha value is -3.50. The first-order valence-electron chi connectivity index (χ1n) is 14.7. The van der Waals surface area contributed by atoms with Crippen molar-refractivity contribution in [3.05, 3.63) is 105 Å². The standard InChI is InChI=1S/C33H31ClF5N3O2/c34-26-6-5-23(33(37,38)39)17-25(26)30(43)40-29-8-4-21-2-3-22(16-24(21)29)31(44)42-14-11-32(19-42)9-12-41(13-10-32)18-20-1-7-27(35)28(36)15-20/h1-3,5-7,15-17,29H,4,8-14,18-19H2,(H,40,43). The number of fused-ring (bicyclic) bond motifs is 1. The Balaban J connectivity index is 1.09. The van der Waals surface area contributed by atoms with E-state index in [0.717, 1.165) is 73.3 Å². The van der Waals surface area contributed by atoms with Gasteiger partial charge in [-0.1, -0.05) is 23.7 Å². The van der Waals surface area contributed by atoms with Gasteiger partial charge in [-0.25, -0.2) is 8.78 Å². The fourth-order valence-electron chi connectivity index (χ4n) is 6.78. The lowest BCUT2D eigenvalue weighted by atomic mass is 9.77. The lowest BCUT2D eigenvalue weighted by molar-refractivity contribution is -0.137. The topological polar surface area (TPSA) is 52.7 Å². The van der Waals surface area contributed by atoms with Crippen LogP contribution in [0, 0.1) is 17.0 Å². The fourth-order valence-corrected chi connectivity index (χ4v) is 6.98. The van der Waals surface area contributed by atoms with Crippen molar-refractivity contribution in [2.45, 2.75) is 50.9 Å². The van der Waals surface area contributed by atoms with Crippen molar-refractivity contribution in [3.63, 3.8) is 0 Å². The van der Waals surface area contributed by atoms with Crippen LogP contribution in [0.1, 0.15) is 74.7 Å². The molecule has 2 aliphatic heterocycles. The highest BCUT2D eigenvalue weighted by Crippen LogP contribution is 2.42. The van der Waals surface area contributed by atoms with Crippen molar-refractivity contribution in [2.75, 3.05) is 26.2 Å². The zero-order chi connectivity index (χ0) is 31.2. The van der Waals surface area contributed by atoms with Crippen molar-refractivity contribution in [1.82, 2.24) is 15.1 Å². The highest BCUT2D eigenvalue weighted by atomic mass is 35.5. The maximum Gasteiger partial charge on any atom is 0.416 e. The van der Waals surface area contributed by atoms with E-state index in [-0.39, 0.29) is 21.9 Å². The van der Waals surface area contributed by atoms with E-state index < -0.39 is 35.3 Å². The van der Waals surface area contributed by atoms with Gasteiger partial charge in [-0.05, 0) is 110 Å². The molecule has 1 spiro atoms. The minimum absolute atomic E-state index is 0.0116. The van der Waals surface area contributed by atoms with Crippen LogP contribution in [0.25, 0.3) is 0 Å². The van der Waals surface area contributed by atoms with Crippen LogP contribution in [0.4, 0.5) is 22.0 Å². The number of carbonyl (C=O) groups is 2. The molecule has 44 heavy (non-hydrogen) atoms. The molecule has 1 unspecified atom stereocenters. The van der Waals surface area contributed by atoms with Crippen LogP contribution in [-0.2, 0) is 19.1 Å². The van der Waals surface area contributed by atoms with Gasteiger partial charge in [0.25, 0.3) is 11.8 Å². The zero-order valence-corrected chi connectivity index (χ0v) is 24.6. The first kappa shape index (κ1) is 30.5. The molecule has 232 valence electrons. The molecule has 2 heterocycles. The van der Waals surface area contributed by atoms with Crippen LogP contribution in [-0.4, -0.2) is 47.8 Å². The number of alkyl halides is 3. The third-order valence-corrected chi connectivity index (χ3v) is 9.68. The van der Waals surface area contributed by atoms with E-state index in [9.17, 15) is 31.5 Å². The van der Waals surface area contributed by atoms with Crippen molar-refractivity contribution in [1.29, 1.82) is 0 Å². The van der Waals surface area contributed by atoms with Crippen LogP contribution in [0.2, 0.25) is 5.02 Å². The molecule has 0 radical (unpaired) electrons. The number of hydrogen-bond acceptors (Lipinski definition) is 3. The molecule has 0 aromatic heterocycles. The van der Waals surface area contributed by atoms with Crippen molar-refractivity contribution < 1.29 is 31.5 Å². The second kappa shape index (κ2) is 11.8. The number of piperidine rings is 1. The molecule has 3 aromatic carbocycles. The molecule has 0 bridgehead atoms. The van der Waals surface area contributed by atoms with E-state index in [0.29, 0.717) is 38.0 Å². The van der Waals surface area contributed by atoms with Gasteiger partial charge in [0.2, 0.25) is 0 Å². The summed E-state index contributed by atoms with van der Waals surface area (Å²) in [5.41, 5.74) is 1.81. The van der Waals surface area contributed by atoms with E-state index in [4.69, 9.17) is 11.6 Å². The van der Waals surface area contributed by atoms with Gasteiger partial charge in [0, 0.05) is 25.2 Å². The Morgan fingerprint density at radius 1 is 0.932 bits per heavy atom. The minimum Gasteiger partial charge on any atom is -0.345 e. The summed E-state index contributed by atoms with van der Waals surface area (Å²) < 4.78 is 66.6. The number of halogens is 6. The van der Waals surface area contributed by atoms with Crippen LogP contribution < -0.4 is 5.32 Å². The molecule has 3 aliphatic rings. The van der Waals surface area contributed by atoms with E-state index in [1.807, 2.05) is 11.0 Å². The molecule has 2 fully saturated rings. The van der Waals surface area contributed by atoms with E-state index in [1.165, 1.54) is 6.07 Å². The SMILES string of the molecule is O=C(NC1CCc2ccc(C(=O)N3CCC4(CCN(Cc5ccc(F)c(F)c5)CC4)C3)cc21)c1cc(C(F)(F)F)ccc1Cl. The average Bonchev–Trinajstić information content (AvgIpc) is 3.59. The monoisotopic (exact) mass is 631 g/mol. The van der Waals surface area contributed by atoms with Crippen LogP contribution >= 0.6 is 11.6 Å². The Bertz CT molecular complexity index is 1600. The summed E-state index contributed by atoms with van der Waals surface area (Å²) in [7, 11) is 0. The summed E-state index contributed by atoms with van der Waals surface area (Å²) in [4.78, 5) is 30.7. The number of carbonyl (C=O) groups excluding carboxylic acids is 2. The van der Waals surface area contributed by atoms with Crippen molar-refractivity contribution >= 4 is 23.4 Å². The summed E-state index contributed by atoms with van der Waals surface area (Å²) in [5, 5.41) is 2.75. The average molecular weight is 632 g/mol. The van der Waals surface area contributed by atoms with Crippen molar-refractivity contribution in [2.24, 2.45) is 5.41 Å². The second-order valence-electron chi connectivity index (χ2n) is 12.2. The number of nitrogens with zero attached hydrogens (tertiary/aromatic N) is 2. The van der Waals surface area contributed by atoms with Gasteiger partial charge < -0.3 is 10.2 Å². The highest BCUT2D eigenvalue weighted by molar-refractivity contribution is 6.33. The molecule has 0 saturated carbocycles. The highest BCUT2D eigenvalue weighted by Gasteiger charge is 2.42. The number of nitrogens with one attached hydrogen (secondary N) is 1. The molecule has 5 nitrogen and oxygen atoms in total. The van der Waals surface area contributed by atoms with Gasteiger partial charge in [0.05, 0.1) is 22.2 Å². The van der Waals surface area contributed by atoms with Gasteiger partial charge in [-0.3, -0.25) is 14.5 Å². The van der Waals surface area contributed by atoms with Gasteiger partial charge in [0.15, 0.2) is 11.6 Å². The molecule has 1 atom stereocenters. The maximum atomic E-state index is 13.6. The maximum absolute atomic E-state index is 13.6. The first-order valence-corrected chi connectivity index (χ1v) is 15.0. The molecular weight excluding hydrogens is 601 g/mol. The van der Waals surface area contributed by atoms with Gasteiger partial charge >= 0.3 is 6.18 Å². The lowest BCUT2D eigenvalue weighted by Crippen LogP contribution is -2.42.